The molecular formula is C13H21NO3. The van der Waals surface area contributed by atoms with Crippen LogP contribution in [0.15, 0.2) is 24.0 Å². The highest BCUT2D eigenvalue weighted by Crippen LogP contribution is 2.16. The van der Waals surface area contributed by atoms with E-state index >= 15 is 0 Å². The summed E-state index contributed by atoms with van der Waals surface area (Å²) in [5, 5.41) is 0. The lowest BCUT2D eigenvalue weighted by molar-refractivity contribution is -0.143. The van der Waals surface area contributed by atoms with Crippen LogP contribution in [0.1, 0.15) is 26.7 Å². The second-order valence-electron chi connectivity index (χ2n) is 3.95. The zero-order valence-electron chi connectivity index (χ0n) is 10.7. The summed E-state index contributed by atoms with van der Waals surface area (Å²) < 4.78 is 10.4. The van der Waals surface area contributed by atoms with Crippen molar-refractivity contribution in [1.82, 2.24) is 4.90 Å². The molecule has 0 saturated carbocycles. The molecule has 0 amide bonds. The van der Waals surface area contributed by atoms with Gasteiger partial charge in [0, 0.05) is 17.8 Å². The Labute approximate surface area is 103 Å². The number of hydrogen-bond donors (Lipinski definition) is 0. The van der Waals surface area contributed by atoms with Crippen LogP contribution in [0.25, 0.3) is 0 Å². The van der Waals surface area contributed by atoms with Crippen LogP contribution in [0.2, 0.25) is 0 Å². The van der Waals surface area contributed by atoms with Gasteiger partial charge in [0.1, 0.15) is 6.54 Å². The third kappa shape index (κ3) is 4.61. The van der Waals surface area contributed by atoms with Gasteiger partial charge in [-0.2, -0.15) is 0 Å². The molecule has 1 rings (SSSR count). The van der Waals surface area contributed by atoms with E-state index in [9.17, 15) is 4.79 Å². The minimum absolute atomic E-state index is 0.221. The van der Waals surface area contributed by atoms with Gasteiger partial charge in [-0.25, -0.2) is 0 Å². The maximum atomic E-state index is 11.5. The molecule has 0 fully saturated rings. The largest absolute Gasteiger partial charge is 0.465 e. The van der Waals surface area contributed by atoms with Gasteiger partial charge >= 0.3 is 5.97 Å². The second-order valence-corrected chi connectivity index (χ2v) is 3.95. The Kier molecular flexibility index (Phi) is 5.77. The molecule has 0 aromatic rings. The van der Waals surface area contributed by atoms with Crippen molar-refractivity contribution < 1.29 is 14.3 Å². The van der Waals surface area contributed by atoms with Crippen molar-refractivity contribution in [3.8, 4) is 0 Å². The van der Waals surface area contributed by atoms with E-state index in [2.05, 4.69) is 12.7 Å². The van der Waals surface area contributed by atoms with Crippen LogP contribution in [0.3, 0.4) is 0 Å². The van der Waals surface area contributed by atoms with E-state index < -0.39 is 0 Å². The first kappa shape index (κ1) is 13.8. The molecule has 1 aliphatic rings. The van der Waals surface area contributed by atoms with Crippen LogP contribution in [0.5, 0.6) is 0 Å². The number of allylic oxidation sites excluding steroid dienone is 1. The van der Waals surface area contributed by atoms with Crippen molar-refractivity contribution in [2.24, 2.45) is 0 Å². The highest BCUT2D eigenvalue weighted by atomic mass is 16.5. The molecule has 0 aromatic carbocycles. The van der Waals surface area contributed by atoms with Gasteiger partial charge in [0.15, 0.2) is 0 Å². The van der Waals surface area contributed by atoms with Crippen molar-refractivity contribution in [3.05, 3.63) is 24.0 Å². The minimum atomic E-state index is -0.221. The molecule has 4 nitrogen and oxygen atoms in total. The van der Waals surface area contributed by atoms with Gasteiger partial charge in [0.2, 0.25) is 0 Å². The van der Waals surface area contributed by atoms with Gasteiger partial charge in [0.05, 0.1) is 19.8 Å². The van der Waals surface area contributed by atoms with Crippen LogP contribution in [-0.2, 0) is 14.3 Å². The van der Waals surface area contributed by atoms with Gasteiger partial charge in [-0.1, -0.05) is 12.7 Å². The average molecular weight is 239 g/mol. The van der Waals surface area contributed by atoms with Gasteiger partial charge in [-0.05, 0) is 20.3 Å². The number of nitrogens with zero attached hydrogens (tertiary/aromatic N) is 1. The minimum Gasteiger partial charge on any atom is -0.465 e. The molecule has 0 saturated heterocycles. The molecule has 96 valence electrons. The van der Waals surface area contributed by atoms with Crippen molar-refractivity contribution in [2.45, 2.75) is 26.7 Å². The summed E-state index contributed by atoms with van der Waals surface area (Å²) >= 11 is 0. The fourth-order valence-corrected chi connectivity index (χ4v) is 1.71. The lowest BCUT2D eigenvalue weighted by Gasteiger charge is -2.26. The molecule has 0 spiro atoms. The summed E-state index contributed by atoms with van der Waals surface area (Å²) in [6.45, 7) is 9.80. The molecule has 0 aliphatic carbocycles. The standard InChI is InChI=1S/C13H21NO3/c1-4-17-13(15)10-14-11(2)6-5-8-16-9-7-12(14)3/h6H,3-5,7-10H2,1-2H3/b11-6-. The van der Waals surface area contributed by atoms with E-state index in [1.54, 1.807) is 0 Å². The number of ether oxygens (including phenoxy) is 2. The molecule has 1 heterocycles. The van der Waals surface area contributed by atoms with Crippen molar-refractivity contribution in [1.29, 1.82) is 0 Å². The van der Waals surface area contributed by atoms with E-state index in [4.69, 9.17) is 9.47 Å². The quantitative estimate of drug-likeness (QED) is 0.707. The molecule has 4 heteroatoms. The first-order valence-corrected chi connectivity index (χ1v) is 6.00. The predicted octanol–water partition coefficient (Wildman–Crippen LogP) is 2.08. The van der Waals surface area contributed by atoms with Crippen LogP contribution in [0, 0.1) is 0 Å². The highest BCUT2D eigenvalue weighted by Gasteiger charge is 2.15. The van der Waals surface area contributed by atoms with E-state index in [0.717, 1.165) is 30.8 Å². The van der Waals surface area contributed by atoms with E-state index in [-0.39, 0.29) is 12.5 Å². The summed E-state index contributed by atoms with van der Waals surface area (Å²) in [5.41, 5.74) is 1.93. The number of rotatable bonds is 3. The molecule has 0 aromatic heterocycles. The second kappa shape index (κ2) is 7.12. The smallest absolute Gasteiger partial charge is 0.325 e. The Morgan fingerprint density at radius 1 is 1.59 bits per heavy atom. The van der Waals surface area contributed by atoms with E-state index in [1.807, 2.05) is 18.7 Å². The van der Waals surface area contributed by atoms with Crippen LogP contribution in [0.4, 0.5) is 0 Å². The fraction of sp³-hybridized carbons (Fsp3) is 0.615. The average Bonchev–Trinajstić information content (AvgIpc) is 2.35. The topological polar surface area (TPSA) is 38.8 Å². The SMILES string of the molecule is C=C1CCOCC/C=C(/C)N1CC(=O)OCC. The molecule has 0 bridgehead atoms. The molecular weight excluding hydrogens is 218 g/mol. The Bertz CT molecular complexity index is 310. The van der Waals surface area contributed by atoms with Crippen LogP contribution >= 0.6 is 0 Å². The normalized spacial score (nSPS) is 20.9. The predicted molar refractivity (Wildman–Crippen MR) is 66.3 cm³/mol. The molecule has 0 atom stereocenters. The number of hydrogen-bond acceptors (Lipinski definition) is 4. The summed E-state index contributed by atoms with van der Waals surface area (Å²) in [5.74, 6) is -0.221. The lowest BCUT2D eigenvalue weighted by Crippen LogP contribution is -2.29. The summed E-state index contributed by atoms with van der Waals surface area (Å²) in [6.07, 6.45) is 3.67. The van der Waals surface area contributed by atoms with Crippen LogP contribution in [-0.4, -0.2) is 37.2 Å². The van der Waals surface area contributed by atoms with Gasteiger partial charge in [-0.3, -0.25) is 4.79 Å². The molecule has 1 aliphatic heterocycles. The Balaban J connectivity index is 2.70. The fourth-order valence-electron chi connectivity index (χ4n) is 1.71. The zero-order chi connectivity index (χ0) is 12.7. The van der Waals surface area contributed by atoms with Gasteiger partial charge in [0.25, 0.3) is 0 Å². The molecule has 0 radical (unpaired) electrons. The lowest BCUT2D eigenvalue weighted by atomic mass is 10.2. The van der Waals surface area contributed by atoms with Crippen molar-refractivity contribution in [3.63, 3.8) is 0 Å². The molecule has 17 heavy (non-hydrogen) atoms. The molecule has 0 N–H and O–H groups in total. The Hall–Kier alpha value is -1.29. The van der Waals surface area contributed by atoms with Crippen LogP contribution < -0.4 is 0 Å². The third-order valence-electron chi connectivity index (χ3n) is 2.64. The Morgan fingerprint density at radius 2 is 2.35 bits per heavy atom. The van der Waals surface area contributed by atoms with Crippen molar-refractivity contribution >= 4 is 5.97 Å². The maximum Gasteiger partial charge on any atom is 0.325 e. The summed E-state index contributed by atoms with van der Waals surface area (Å²) in [4.78, 5) is 13.4. The van der Waals surface area contributed by atoms with Crippen molar-refractivity contribution in [2.75, 3.05) is 26.4 Å². The van der Waals surface area contributed by atoms with Gasteiger partial charge < -0.3 is 14.4 Å². The first-order chi connectivity index (χ1) is 8.15. The third-order valence-corrected chi connectivity index (χ3v) is 2.64. The number of carbonyl (C=O) groups excluding carboxylic acids is 1. The zero-order valence-corrected chi connectivity index (χ0v) is 10.7. The Morgan fingerprint density at radius 3 is 3.06 bits per heavy atom. The number of esters is 1. The number of carbonyl (C=O) groups is 1. The molecule has 0 unspecified atom stereocenters. The maximum absolute atomic E-state index is 11.5. The monoisotopic (exact) mass is 239 g/mol. The highest BCUT2D eigenvalue weighted by molar-refractivity contribution is 5.72. The first-order valence-electron chi connectivity index (χ1n) is 6.00. The summed E-state index contributed by atoms with van der Waals surface area (Å²) in [6, 6.07) is 0. The van der Waals surface area contributed by atoms with E-state index in [0.29, 0.717) is 13.2 Å². The van der Waals surface area contributed by atoms with Gasteiger partial charge in [-0.15, -0.1) is 0 Å². The van der Waals surface area contributed by atoms with E-state index in [1.165, 1.54) is 0 Å². The summed E-state index contributed by atoms with van der Waals surface area (Å²) in [7, 11) is 0.